The van der Waals surface area contributed by atoms with Gasteiger partial charge in [-0.15, -0.1) is 0 Å². The lowest BCUT2D eigenvalue weighted by molar-refractivity contribution is 0.138. The molecular weight excluding hydrogens is 152 g/mol. The van der Waals surface area contributed by atoms with Gasteiger partial charge in [-0.25, -0.2) is 4.21 Å². The van der Waals surface area contributed by atoms with Crippen molar-refractivity contribution in [3.63, 3.8) is 0 Å². The first-order chi connectivity index (χ1) is 4.79. The Morgan fingerprint density at radius 1 is 1.60 bits per heavy atom. The van der Waals surface area contributed by atoms with Crippen molar-refractivity contribution in [3.8, 4) is 0 Å². The molecular formula is C6H12O3S. The van der Waals surface area contributed by atoms with Gasteiger partial charge in [-0.05, 0) is 18.8 Å². The van der Waals surface area contributed by atoms with E-state index in [1.165, 1.54) is 12.8 Å². The van der Waals surface area contributed by atoms with Crippen molar-refractivity contribution in [2.45, 2.75) is 12.8 Å². The molecule has 0 aromatic heterocycles. The second kappa shape index (κ2) is 4.05. The van der Waals surface area contributed by atoms with Crippen LogP contribution in [0.5, 0.6) is 0 Å². The maximum absolute atomic E-state index is 10.1. The standard InChI is InChI=1S/C6H12O3S/c7-10(8)4-3-9-5-6-1-2-6/h6H,1-5H2,(H,7,8). The number of ether oxygens (including phenoxy) is 1. The van der Waals surface area contributed by atoms with Gasteiger partial charge >= 0.3 is 0 Å². The Morgan fingerprint density at radius 2 is 2.30 bits per heavy atom. The van der Waals surface area contributed by atoms with Crippen molar-refractivity contribution in [2.75, 3.05) is 19.0 Å². The molecule has 1 fully saturated rings. The highest BCUT2D eigenvalue weighted by Gasteiger charge is 2.20. The normalized spacial score (nSPS) is 20.9. The average molecular weight is 164 g/mol. The highest BCUT2D eigenvalue weighted by Crippen LogP contribution is 2.28. The van der Waals surface area contributed by atoms with E-state index in [4.69, 9.17) is 9.29 Å². The van der Waals surface area contributed by atoms with Crippen LogP contribution in [0, 0.1) is 5.92 Å². The summed E-state index contributed by atoms with van der Waals surface area (Å²) in [6.07, 6.45) is 2.53. The molecule has 0 saturated heterocycles. The minimum Gasteiger partial charge on any atom is -0.380 e. The molecule has 3 nitrogen and oxygen atoms in total. The van der Waals surface area contributed by atoms with Crippen LogP contribution in [0.2, 0.25) is 0 Å². The van der Waals surface area contributed by atoms with Crippen molar-refractivity contribution >= 4 is 11.1 Å². The maximum Gasteiger partial charge on any atom is 0.155 e. The summed E-state index contributed by atoms with van der Waals surface area (Å²) < 4.78 is 23.5. The first-order valence-corrected chi connectivity index (χ1v) is 4.72. The van der Waals surface area contributed by atoms with Gasteiger partial charge in [0.2, 0.25) is 0 Å². The lowest BCUT2D eigenvalue weighted by Gasteiger charge is -1.98. The summed E-state index contributed by atoms with van der Waals surface area (Å²) in [6, 6.07) is 0. The molecule has 0 aliphatic heterocycles. The van der Waals surface area contributed by atoms with Crippen LogP contribution in [-0.2, 0) is 15.8 Å². The molecule has 0 spiro atoms. The number of hydrogen-bond acceptors (Lipinski definition) is 2. The highest BCUT2D eigenvalue weighted by molar-refractivity contribution is 7.79. The maximum atomic E-state index is 10.1. The van der Waals surface area contributed by atoms with E-state index in [-0.39, 0.29) is 5.75 Å². The van der Waals surface area contributed by atoms with Gasteiger partial charge in [0, 0.05) is 6.61 Å². The molecule has 0 aromatic rings. The fraction of sp³-hybridized carbons (Fsp3) is 1.00. The summed E-state index contributed by atoms with van der Waals surface area (Å²) in [5.74, 6) is 0.985. The summed E-state index contributed by atoms with van der Waals surface area (Å²) in [5, 5.41) is 0. The lowest BCUT2D eigenvalue weighted by Crippen LogP contribution is -2.06. The fourth-order valence-corrected chi connectivity index (χ4v) is 0.925. The van der Waals surface area contributed by atoms with E-state index in [2.05, 4.69) is 0 Å². The van der Waals surface area contributed by atoms with Crippen molar-refractivity contribution < 1.29 is 13.5 Å². The van der Waals surface area contributed by atoms with Crippen LogP contribution >= 0.6 is 0 Å². The third-order valence-corrected chi connectivity index (χ3v) is 1.97. The lowest BCUT2D eigenvalue weighted by atomic mass is 10.5. The number of rotatable bonds is 5. The SMILES string of the molecule is O=S(O)CCOCC1CC1. The Bertz CT molecular complexity index is 122. The summed E-state index contributed by atoms with van der Waals surface area (Å²) >= 11 is -1.68. The summed E-state index contributed by atoms with van der Waals surface area (Å²) in [4.78, 5) is 0. The molecule has 1 unspecified atom stereocenters. The number of hydrogen-bond donors (Lipinski definition) is 1. The van der Waals surface area contributed by atoms with Crippen molar-refractivity contribution in [1.82, 2.24) is 0 Å². The molecule has 4 heteroatoms. The topological polar surface area (TPSA) is 46.5 Å². The predicted octanol–water partition coefficient (Wildman–Crippen LogP) is 0.635. The second-order valence-corrected chi connectivity index (χ2v) is 3.60. The van der Waals surface area contributed by atoms with Gasteiger partial charge in [0.15, 0.2) is 11.1 Å². The Balaban J connectivity index is 1.80. The van der Waals surface area contributed by atoms with E-state index in [1.54, 1.807) is 0 Å². The molecule has 0 aromatic carbocycles. The van der Waals surface area contributed by atoms with Crippen LogP contribution in [0.25, 0.3) is 0 Å². The second-order valence-electron chi connectivity index (χ2n) is 2.54. The van der Waals surface area contributed by atoms with Crippen molar-refractivity contribution in [3.05, 3.63) is 0 Å². The monoisotopic (exact) mass is 164 g/mol. The average Bonchev–Trinajstić information content (AvgIpc) is 2.62. The molecule has 0 heterocycles. The minimum atomic E-state index is -1.68. The first-order valence-electron chi connectivity index (χ1n) is 3.44. The van der Waals surface area contributed by atoms with Crippen molar-refractivity contribution in [2.24, 2.45) is 5.92 Å². The Labute approximate surface area is 63.0 Å². The third-order valence-electron chi connectivity index (χ3n) is 1.45. The van der Waals surface area contributed by atoms with Gasteiger partial charge in [-0.3, -0.25) is 0 Å². The van der Waals surface area contributed by atoms with Crippen LogP contribution in [0.4, 0.5) is 0 Å². The van der Waals surface area contributed by atoms with Gasteiger partial charge in [0.25, 0.3) is 0 Å². The molecule has 10 heavy (non-hydrogen) atoms. The summed E-state index contributed by atoms with van der Waals surface area (Å²) in [7, 11) is 0. The quantitative estimate of drug-likeness (QED) is 0.479. The van der Waals surface area contributed by atoms with E-state index in [0.717, 1.165) is 12.5 Å². The largest absolute Gasteiger partial charge is 0.380 e. The van der Waals surface area contributed by atoms with Crippen LogP contribution < -0.4 is 0 Å². The molecule has 1 aliphatic rings. The van der Waals surface area contributed by atoms with Crippen LogP contribution in [0.1, 0.15) is 12.8 Å². The van der Waals surface area contributed by atoms with Gasteiger partial charge in [-0.1, -0.05) is 0 Å². The molecule has 60 valence electrons. The Kier molecular flexibility index (Phi) is 3.31. The molecule has 0 bridgehead atoms. The van der Waals surface area contributed by atoms with E-state index < -0.39 is 11.1 Å². The smallest absolute Gasteiger partial charge is 0.155 e. The van der Waals surface area contributed by atoms with Gasteiger partial charge in [0.1, 0.15) is 0 Å². The van der Waals surface area contributed by atoms with E-state index >= 15 is 0 Å². The molecule has 0 amide bonds. The zero-order valence-electron chi connectivity index (χ0n) is 5.78. The molecule has 1 aliphatic carbocycles. The predicted molar refractivity (Wildman–Crippen MR) is 39.2 cm³/mol. The zero-order valence-corrected chi connectivity index (χ0v) is 6.60. The Morgan fingerprint density at radius 3 is 2.80 bits per heavy atom. The zero-order chi connectivity index (χ0) is 7.40. The van der Waals surface area contributed by atoms with Crippen LogP contribution in [-0.4, -0.2) is 27.7 Å². The fourth-order valence-electron chi connectivity index (χ4n) is 0.665. The van der Waals surface area contributed by atoms with E-state index in [9.17, 15) is 4.21 Å². The van der Waals surface area contributed by atoms with Gasteiger partial charge in [0.05, 0.1) is 12.4 Å². The molecule has 0 radical (unpaired) electrons. The third kappa shape index (κ3) is 3.98. The molecule has 1 N–H and O–H groups in total. The molecule has 1 atom stereocenters. The van der Waals surface area contributed by atoms with E-state index in [0.29, 0.717) is 6.61 Å². The molecule has 1 saturated carbocycles. The van der Waals surface area contributed by atoms with Crippen LogP contribution in [0.15, 0.2) is 0 Å². The highest BCUT2D eigenvalue weighted by atomic mass is 32.2. The Hall–Kier alpha value is 0.0700. The summed E-state index contributed by atoms with van der Waals surface area (Å²) in [5.41, 5.74) is 0. The minimum absolute atomic E-state index is 0.243. The van der Waals surface area contributed by atoms with E-state index in [1.807, 2.05) is 0 Å². The van der Waals surface area contributed by atoms with Gasteiger partial charge in [-0.2, -0.15) is 0 Å². The van der Waals surface area contributed by atoms with Crippen molar-refractivity contribution in [1.29, 1.82) is 0 Å². The first kappa shape index (κ1) is 8.17. The van der Waals surface area contributed by atoms with Crippen LogP contribution in [0.3, 0.4) is 0 Å². The molecule has 1 rings (SSSR count). The van der Waals surface area contributed by atoms with Gasteiger partial charge < -0.3 is 9.29 Å². The summed E-state index contributed by atoms with van der Waals surface area (Å²) in [6.45, 7) is 1.19.